The number of rotatable bonds is 21. The van der Waals surface area contributed by atoms with Crippen LogP contribution in [0.2, 0.25) is 0 Å². The Bertz CT molecular complexity index is 5950. The second-order valence-corrected chi connectivity index (χ2v) is 31.1. The predicted octanol–water partition coefficient (Wildman–Crippen LogP) is 23.7. The molecule has 0 aromatic heterocycles. The van der Waals surface area contributed by atoms with Crippen LogP contribution in [0.3, 0.4) is 0 Å². The summed E-state index contributed by atoms with van der Waals surface area (Å²) in [5, 5.41) is 20.3. The zero-order valence-electron chi connectivity index (χ0n) is 64.6. The summed E-state index contributed by atoms with van der Waals surface area (Å²) >= 11 is 0. The molecule has 0 amide bonds. The molecule has 0 bridgehead atoms. The summed E-state index contributed by atoms with van der Waals surface area (Å²) in [5.41, 5.74) is 4.91. The van der Waals surface area contributed by atoms with Crippen LogP contribution in [0, 0.1) is 11.3 Å². The van der Waals surface area contributed by atoms with E-state index in [1.165, 1.54) is 79.9 Å². The Balaban J connectivity index is 0.000000141. The van der Waals surface area contributed by atoms with Gasteiger partial charge in [0.2, 0.25) is 0 Å². The van der Waals surface area contributed by atoms with Crippen molar-refractivity contribution >= 4 is 147 Å². The first kappa shape index (κ1) is 80.9. The molecule has 10 nitrogen and oxygen atoms in total. The summed E-state index contributed by atoms with van der Waals surface area (Å²) < 4.78 is 29.5. The highest BCUT2D eigenvalue weighted by molar-refractivity contribution is 7.91. The molecular formula is C99H96O10S. The topological polar surface area (TPSA) is 163 Å². The van der Waals surface area contributed by atoms with E-state index in [1.54, 1.807) is 32.9 Å². The van der Waals surface area contributed by atoms with Crippen molar-refractivity contribution in [2.45, 2.75) is 125 Å². The summed E-state index contributed by atoms with van der Waals surface area (Å²) in [6.07, 6.45) is 6.59. The van der Waals surface area contributed by atoms with Crippen LogP contribution in [0.15, 0.2) is 278 Å². The highest BCUT2D eigenvalue weighted by atomic mass is 32.2. The monoisotopic (exact) mass is 1480 g/mol. The minimum Gasteiger partial charge on any atom is -0.493 e. The van der Waals surface area contributed by atoms with E-state index in [4.69, 9.17) is 4.74 Å². The fourth-order valence-corrected chi connectivity index (χ4v) is 14.6. The molecule has 0 spiro atoms. The molecule has 0 N–H and O–H groups in total. The molecule has 558 valence electrons. The molecule has 1 atom stereocenters. The van der Waals surface area contributed by atoms with Gasteiger partial charge in [0.25, 0.3) is 0 Å². The molecule has 0 saturated carbocycles. The van der Waals surface area contributed by atoms with Crippen LogP contribution < -0.4 is 4.74 Å². The third-order valence-electron chi connectivity index (χ3n) is 20.3. The van der Waals surface area contributed by atoms with E-state index in [0.717, 1.165) is 85.3 Å². The maximum absolute atomic E-state index is 12.2. The normalized spacial score (nSPS) is 11.5. The van der Waals surface area contributed by atoms with Crippen molar-refractivity contribution in [2.24, 2.45) is 11.3 Å². The molecule has 15 aromatic carbocycles. The molecule has 15 rings (SSSR count). The molecule has 0 saturated heterocycles. The smallest absolute Gasteiger partial charge is 0.176 e. The van der Waals surface area contributed by atoms with Gasteiger partial charge in [0.05, 0.1) is 11.5 Å². The minimum atomic E-state index is -3.23. The lowest BCUT2D eigenvalue weighted by molar-refractivity contribution is -0.125. The van der Waals surface area contributed by atoms with Crippen molar-refractivity contribution in [3.8, 4) is 5.75 Å². The van der Waals surface area contributed by atoms with E-state index >= 15 is 0 Å². The maximum atomic E-state index is 12.2. The van der Waals surface area contributed by atoms with Gasteiger partial charge in [-0.2, -0.15) is 0 Å². The van der Waals surface area contributed by atoms with Gasteiger partial charge < -0.3 is 19.1 Å². The summed E-state index contributed by atoms with van der Waals surface area (Å²) in [4.78, 5) is 80.5. The van der Waals surface area contributed by atoms with Gasteiger partial charge in [0.1, 0.15) is 34.7 Å². The number of ketones is 7. The first-order valence-corrected chi connectivity index (χ1v) is 39.6. The number of fused-ring (bicyclic) bond motifs is 6. The van der Waals surface area contributed by atoms with Crippen molar-refractivity contribution in [3.05, 3.63) is 301 Å². The number of carbonyl (C=O) groups is 7. The second-order valence-electron chi connectivity index (χ2n) is 29.1. The highest BCUT2D eigenvalue weighted by Crippen LogP contribution is 2.38. The van der Waals surface area contributed by atoms with E-state index in [9.17, 15) is 42.0 Å². The van der Waals surface area contributed by atoms with Crippen LogP contribution in [0.1, 0.15) is 138 Å². The fraction of sp³-hybridized carbons (Fsp3) is 0.222. The van der Waals surface area contributed by atoms with Crippen LogP contribution in [0.4, 0.5) is 0 Å². The molecule has 0 radical (unpaired) electrons. The number of Topliss-reactive ketones (excluding diaryl/α,β-unsaturated/α-hetero) is 7. The number of hydrogen-bond donors (Lipinski definition) is 0. The lowest BCUT2D eigenvalue weighted by Gasteiger charge is -2.22. The zero-order chi connectivity index (χ0) is 78.7. The number of sulfone groups is 1. The first-order valence-electron chi connectivity index (χ1n) is 37.7. The minimum absolute atomic E-state index is 0.000511. The molecule has 0 heterocycles. The number of carbonyl (C=O) groups excluding carboxylic acids is 7. The van der Waals surface area contributed by atoms with Crippen molar-refractivity contribution in [3.63, 3.8) is 0 Å². The largest absolute Gasteiger partial charge is 0.493 e. The number of ether oxygens (including phenoxy) is 1. The Labute approximate surface area is 645 Å². The Kier molecular flexibility index (Phi) is 27.5. The van der Waals surface area contributed by atoms with Gasteiger partial charge in [-0.25, -0.2) is 8.42 Å². The van der Waals surface area contributed by atoms with Crippen LogP contribution in [0.25, 0.3) is 97.0 Å². The lowest BCUT2D eigenvalue weighted by atomic mass is 9.81. The third kappa shape index (κ3) is 21.0. The van der Waals surface area contributed by atoms with Crippen molar-refractivity contribution < 1.29 is 46.7 Å². The molecule has 110 heavy (non-hydrogen) atoms. The Morgan fingerprint density at radius 2 is 0.791 bits per heavy atom. The van der Waals surface area contributed by atoms with Gasteiger partial charge in [-0.05, 0) is 206 Å². The molecule has 15 aromatic rings. The molecular weight excluding hydrogens is 1380 g/mol. The summed E-state index contributed by atoms with van der Waals surface area (Å²) in [7, 11) is -3.23. The van der Waals surface area contributed by atoms with E-state index in [1.807, 2.05) is 137 Å². The van der Waals surface area contributed by atoms with Crippen molar-refractivity contribution in [1.29, 1.82) is 0 Å². The van der Waals surface area contributed by atoms with Crippen LogP contribution in [0.5, 0.6) is 5.75 Å². The van der Waals surface area contributed by atoms with E-state index in [-0.39, 0.29) is 64.7 Å². The van der Waals surface area contributed by atoms with Crippen molar-refractivity contribution in [2.75, 3.05) is 12.9 Å². The predicted molar refractivity (Wildman–Crippen MR) is 455 cm³/mol. The lowest BCUT2D eigenvalue weighted by Crippen LogP contribution is -2.24. The van der Waals surface area contributed by atoms with E-state index in [0.29, 0.717) is 41.9 Å². The Morgan fingerprint density at radius 3 is 1.32 bits per heavy atom. The van der Waals surface area contributed by atoms with Crippen LogP contribution >= 0.6 is 0 Å². The molecule has 0 aliphatic heterocycles. The second kappa shape index (κ2) is 37.4. The first-order chi connectivity index (χ1) is 52.8. The Morgan fingerprint density at radius 1 is 0.373 bits per heavy atom. The fourth-order valence-electron chi connectivity index (χ4n) is 13.8. The van der Waals surface area contributed by atoms with Gasteiger partial charge in [0.15, 0.2) is 21.4 Å². The van der Waals surface area contributed by atoms with Crippen LogP contribution in [-0.2, 0) is 53.1 Å². The maximum Gasteiger partial charge on any atom is 0.176 e. The molecule has 1 unspecified atom stereocenters. The van der Waals surface area contributed by atoms with Gasteiger partial charge in [0, 0.05) is 71.6 Å². The zero-order valence-corrected chi connectivity index (χ0v) is 65.4. The number of benzene rings is 15. The van der Waals surface area contributed by atoms with Gasteiger partial charge >= 0.3 is 0 Å². The van der Waals surface area contributed by atoms with E-state index < -0.39 is 9.84 Å². The molecule has 0 fully saturated rings. The van der Waals surface area contributed by atoms with Gasteiger partial charge in [-0.3, -0.25) is 19.2 Å². The molecule has 0 aliphatic rings. The highest BCUT2D eigenvalue weighted by Gasteiger charge is 2.25. The summed E-state index contributed by atoms with van der Waals surface area (Å²) in [6, 6.07) is 91.3. The molecule has 11 heteroatoms. The van der Waals surface area contributed by atoms with E-state index in [2.05, 4.69) is 152 Å². The average Bonchev–Trinajstić information content (AvgIpc) is 0.734. The number of hydrogen-bond acceptors (Lipinski definition) is 10. The van der Waals surface area contributed by atoms with Crippen LogP contribution in [-0.4, -0.2) is 61.8 Å². The van der Waals surface area contributed by atoms with Gasteiger partial charge in [-0.1, -0.05) is 257 Å². The Hall–Kier alpha value is -11.7. The summed E-state index contributed by atoms with van der Waals surface area (Å²) in [5.74, 6) is 1.84. The average molecular weight is 1480 g/mol. The third-order valence-corrected chi connectivity index (χ3v) is 21.5. The van der Waals surface area contributed by atoms with Crippen molar-refractivity contribution in [1.82, 2.24) is 0 Å². The summed E-state index contributed by atoms with van der Waals surface area (Å²) in [6.45, 7) is 16.6. The number of aryl methyl sites for hydroxylation is 2. The SMILES string of the molecule is CC(=O)C(C)(C)Cc1cccc2ccccc12.CC(=O)C(C)CCc1cccc2ccccc12.CC(=O)CCC(=O)c1ccc2cc3ccccc3cc2c1.CC(=O)CCc1cccc2ccccc12.CCOc1ccc(C(=O)CCC(C)=O)c2ccccc12.CS(=O)(=O)c1ccc2ccc3cccc4ccc1c2c34. The quantitative estimate of drug-likeness (QED) is 0.0384. The molecule has 0 aliphatic carbocycles. The standard InChI is InChI=1S/C19H16O2.C17H18O3.C17H12O2S.2C16H18O.C14H14O/c1-13(20)6-9-19(21)17-8-7-16-10-14-4-2-3-5-15(14)11-18(16)12-17;1-3-20-17-11-9-14(16(19)10-8-12(2)18)13-6-4-5-7-15(13)17;1-20(18,19)15-10-8-13-6-5-11-3-2-4-12-7-9-14(15)17(13)16(11)12;1-12(17)16(2,3)11-14-9-6-8-13-7-4-5-10-15(13)14;1-12(13(2)17)10-11-15-8-5-7-14-6-3-4-9-16(14)15;1-11(15)9-10-13-7-4-6-12-5-2-3-8-14(12)13/h2-5,7-8,10-12H,6,9H2,1H3;4-7,9,11H,3,8,10H2,1-2H3;2-10H,1H3;4-10H,11H2,1-3H3;3-9,12H,10-11H2,1-2H3;2-8H,9-10H2,1H3. The van der Waals surface area contributed by atoms with Gasteiger partial charge in [-0.15, -0.1) is 0 Å².